The van der Waals surface area contributed by atoms with E-state index in [-0.39, 0.29) is 36.9 Å². The Morgan fingerprint density at radius 3 is 2.40 bits per heavy atom. The minimum atomic E-state index is -1.62. The van der Waals surface area contributed by atoms with Crippen molar-refractivity contribution in [2.45, 2.75) is 63.6 Å². The van der Waals surface area contributed by atoms with Crippen LogP contribution in [0.25, 0.3) is 0 Å². The number of nitrogens with one attached hydrogen (secondary N) is 1. The molecule has 3 rings (SSSR count). The molecule has 0 unspecified atom stereocenters. The quantitative estimate of drug-likeness (QED) is 0.173. The number of rotatable bonds is 14. The first-order valence-electron chi connectivity index (χ1n) is 13.5. The van der Waals surface area contributed by atoms with Crippen LogP contribution < -0.4 is 10.1 Å². The maximum absolute atomic E-state index is 14.1. The second kappa shape index (κ2) is 15.0. The Bertz CT molecular complexity index is 1240. The zero-order chi connectivity index (χ0) is 30.9. The highest BCUT2D eigenvalue weighted by Crippen LogP contribution is 2.45. The van der Waals surface area contributed by atoms with Crippen molar-refractivity contribution < 1.29 is 38.4 Å². The van der Waals surface area contributed by atoms with Gasteiger partial charge in [-0.15, -0.1) is 0 Å². The molecule has 1 aliphatic heterocycles. The van der Waals surface area contributed by atoms with E-state index in [0.717, 1.165) is 0 Å². The van der Waals surface area contributed by atoms with E-state index < -0.39 is 35.4 Å². The van der Waals surface area contributed by atoms with Gasteiger partial charge < -0.3 is 34.1 Å². The topological polar surface area (TPSA) is 125 Å². The molecule has 2 N–H and O–H groups in total. The number of amides is 1. The lowest BCUT2D eigenvalue weighted by molar-refractivity contribution is -0.155. The molecule has 0 saturated heterocycles. The van der Waals surface area contributed by atoms with Crippen LogP contribution in [0.15, 0.2) is 47.5 Å². The Hall–Kier alpha value is -2.89. The summed E-state index contributed by atoms with van der Waals surface area (Å²) in [5.41, 5.74) is -1.28. The molecule has 1 heterocycles. The average molecular weight is 626 g/mol. The van der Waals surface area contributed by atoms with E-state index in [9.17, 15) is 9.59 Å². The summed E-state index contributed by atoms with van der Waals surface area (Å²) < 4.78 is 28.0. The SMILES string of the molecule is COC(CNC(=O)[C@]1(CCC(=O)OC(C)(C)C)N=C(c2ccc(OCCCO)cc2)O[C@@H]1c1ccc(Cl)cc1Cl)OC. The molecule has 0 saturated carbocycles. The summed E-state index contributed by atoms with van der Waals surface area (Å²) in [5, 5.41) is 12.5. The summed E-state index contributed by atoms with van der Waals surface area (Å²) in [6, 6.07) is 11.9. The summed E-state index contributed by atoms with van der Waals surface area (Å²) in [4.78, 5) is 31.7. The van der Waals surface area contributed by atoms with Crippen LogP contribution in [0.1, 0.15) is 57.3 Å². The molecule has 0 aliphatic carbocycles. The molecular weight excluding hydrogens is 587 g/mol. The lowest BCUT2D eigenvalue weighted by Gasteiger charge is -2.31. The van der Waals surface area contributed by atoms with Gasteiger partial charge in [-0.05, 0) is 63.6 Å². The Morgan fingerprint density at radius 2 is 1.81 bits per heavy atom. The second-order valence-electron chi connectivity index (χ2n) is 10.7. The molecule has 2 aromatic carbocycles. The largest absolute Gasteiger partial charge is 0.494 e. The van der Waals surface area contributed by atoms with E-state index in [2.05, 4.69) is 5.32 Å². The van der Waals surface area contributed by atoms with Gasteiger partial charge >= 0.3 is 5.97 Å². The number of carbonyl (C=O) groups excluding carboxylic acids is 2. The summed E-state index contributed by atoms with van der Waals surface area (Å²) in [6.45, 7) is 5.72. The first-order chi connectivity index (χ1) is 19.9. The van der Waals surface area contributed by atoms with E-state index in [1.54, 1.807) is 63.2 Å². The molecule has 2 atom stereocenters. The molecule has 0 spiro atoms. The van der Waals surface area contributed by atoms with Crippen LogP contribution in [0.3, 0.4) is 0 Å². The van der Waals surface area contributed by atoms with E-state index in [1.807, 2.05) is 0 Å². The average Bonchev–Trinajstić information content (AvgIpc) is 3.32. The fourth-order valence-corrected chi connectivity index (χ4v) is 4.85. The highest BCUT2D eigenvalue weighted by molar-refractivity contribution is 6.35. The van der Waals surface area contributed by atoms with Crippen molar-refractivity contribution in [3.8, 4) is 5.75 Å². The van der Waals surface area contributed by atoms with Crippen LogP contribution in [0, 0.1) is 0 Å². The third-order valence-electron chi connectivity index (χ3n) is 6.36. The van der Waals surface area contributed by atoms with Crippen molar-refractivity contribution in [1.29, 1.82) is 0 Å². The number of esters is 1. The fraction of sp³-hybridized carbons (Fsp3) is 0.500. The molecule has 1 amide bonds. The lowest BCUT2D eigenvalue weighted by Crippen LogP contribution is -2.50. The summed E-state index contributed by atoms with van der Waals surface area (Å²) in [6.07, 6.45) is -1.39. The smallest absolute Gasteiger partial charge is 0.306 e. The summed E-state index contributed by atoms with van der Waals surface area (Å²) in [7, 11) is 2.92. The molecule has 0 bridgehead atoms. The number of methoxy groups -OCH3 is 2. The van der Waals surface area contributed by atoms with Gasteiger partial charge in [0.05, 0.1) is 13.2 Å². The zero-order valence-electron chi connectivity index (χ0n) is 24.4. The van der Waals surface area contributed by atoms with E-state index in [1.165, 1.54) is 14.2 Å². The van der Waals surface area contributed by atoms with Crippen LogP contribution in [-0.2, 0) is 28.5 Å². The minimum Gasteiger partial charge on any atom is -0.494 e. The Kier molecular flexibility index (Phi) is 12.0. The predicted octanol–water partition coefficient (Wildman–Crippen LogP) is 4.87. The standard InChI is InChI=1S/C30H38Cl2N2O8/c1-29(2,3)42-24(36)13-14-30(28(37)33-18-25(38-4)39-5)26(22-12-9-20(31)17-23(22)32)41-27(34-30)19-7-10-21(11-8-19)40-16-6-15-35/h7-12,17,25-26,35H,6,13-16,18H2,1-5H3,(H,33,37)/t26-,30-/m1/s1. The van der Waals surface area contributed by atoms with Gasteiger partial charge in [-0.2, -0.15) is 0 Å². The first-order valence-corrected chi connectivity index (χ1v) is 14.3. The Morgan fingerprint density at radius 1 is 1.12 bits per heavy atom. The molecule has 10 nitrogen and oxygen atoms in total. The predicted molar refractivity (Wildman–Crippen MR) is 159 cm³/mol. The van der Waals surface area contributed by atoms with Gasteiger partial charge in [0.15, 0.2) is 17.9 Å². The number of aliphatic hydroxyl groups is 1. The number of hydrogen-bond donors (Lipinski definition) is 2. The van der Waals surface area contributed by atoms with E-state index in [4.69, 9.17) is 57.0 Å². The van der Waals surface area contributed by atoms with Crippen molar-refractivity contribution in [2.75, 3.05) is 34.0 Å². The maximum Gasteiger partial charge on any atom is 0.306 e. The van der Waals surface area contributed by atoms with Gasteiger partial charge in [0.2, 0.25) is 5.90 Å². The lowest BCUT2D eigenvalue weighted by atomic mass is 9.83. The van der Waals surface area contributed by atoms with Gasteiger partial charge in [0.25, 0.3) is 5.91 Å². The van der Waals surface area contributed by atoms with Crippen molar-refractivity contribution >= 4 is 41.0 Å². The van der Waals surface area contributed by atoms with Crippen molar-refractivity contribution in [2.24, 2.45) is 4.99 Å². The molecule has 12 heteroatoms. The minimum absolute atomic E-state index is 0.0197. The number of nitrogens with zero attached hydrogens (tertiary/aromatic N) is 1. The van der Waals surface area contributed by atoms with Crippen LogP contribution in [0.4, 0.5) is 0 Å². The van der Waals surface area contributed by atoms with Gasteiger partial charge in [0, 0.05) is 54.8 Å². The first kappa shape index (κ1) is 33.6. The monoisotopic (exact) mass is 624 g/mol. The highest BCUT2D eigenvalue weighted by atomic mass is 35.5. The van der Waals surface area contributed by atoms with Crippen LogP contribution in [0.2, 0.25) is 10.0 Å². The van der Waals surface area contributed by atoms with Crippen molar-refractivity contribution in [3.05, 3.63) is 63.6 Å². The number of aliphatic hydroxyl groups excluding tert-OH is 1. The fourth-order valence-electron chi connectivity index (χ4n) is 4.34. The molecule has 0 aromatic heterocycles. The van der Waals surface area contributed by atoms with Crippen LogP contribution in [-0.4, -0.2) is 74.3 Å². The number of carbonyl (C=O) groups is 2. The molecule has 42 heavy (non-hydrogen) atoms. The number of ether oxygens (including phenoxy) is 5. The molecule has 0 fully saturated rings. The van der Waals surface area contributed by atoms with Gasteiger partial charge in [-0.1, -0.05) is 29.3 Å². The van der Waals surface area contributed by atoms with Gasteiger partial charge in [-0.25, -0.2) is 4.99 Å². The van der Waals surface area contributed by atoms with Crippen molar-refractivity contribution in [3.63, 3.8) is 0 Å². The molecule has 1 aliphatic rings. The number of benzene rings is 2. The number of halogens is 2. The molecule has 230 valence electrons. The van der Waals surface area contributed by atoms with Crippen molar-refractivity contribution in [1.82, 2.24) is 5.32 Å². The third-order valence-corrected chi connectivity index (χ3v) is 6.92. The second-order valence-corrected chi connectivity index (χ2v) is 11.5. The molecule has 2 aromatic rings. The van der Waals surface area contributed by atoms with Gasteiger partial charge in [-0.3, -0.25) is 9.59 Å². The van der Waals surface area contributed by atoms with E-state index in [0.29, 0.717) is 34.9 Å². The Labute approximate surface area is 256 Å². The maximum atomic E-state index is 14.1. The zero-order valence-corrected chi connectivity index (χ0v) is 26.0. The highest BCUT2D eigenvalue weighted by Gasteiger charge is 2.54. The Balaban J connectivity index is 2.06. The third kappa shape index (κ3) is 8.81. The molecular formula is C30H38Cl2N2O8. The normalized spacial score (nSPS) is 18.4. The summed E-state index contributed by atoms with van der Waals surface area (Å²) >= 11 is 12.8. The van der Waals surface area contributed by atoms with Gasteiger partial charge in [0.1, 0.15) is 11.4 Å². The van der Waals surface area contributed by atoms with Crippen LogP contribution >= 0.6 is 23.2 Å². The van der Waals surface area contributed by atoms with Crippen LogP contribution in [0.5, 0.6) is 5.75 Å². The number of aliphatic imine (C=N–C) groups is 1. The number of hydrogen-bond acceptors (Lipinski definition) is 9. The summed E-state index contributed by atoms with van der Waals surface area (Å²) in [5.74, 6) is -0.222. The van der Waals surface area contributed by atoms with E-state index >= 15 is 0 Å². The molecule has 0 radical (unpaired) electrons.